The van der Waals surface area contributed by atoms with E-state index >= 15 is 0 Å². The van der Waals surface area contributed by atoms with Crippen molar-refractivity contribution in [3.05, 3.63) is 88.5 Å². The second-order valence-electron chi connectivity index (χ2n) is 7.95. The maximum absolute atomic E-state index is 13.5. The molecule has 1 aliphatic heterocycles. The topological polar surface area (TPSA) is 119 Å². The van der Waals surface area contributed by atoms with Gasteiger partial charge in [0.15, 0.2) is 5.72 Å². The number of anilines is 2. The van der Waals surface area contributed by atoms with Crippen molar-refractivity contribution in [2.24, 2.45) is 0 Å². The van der Waals surface area contributed by atoms with Gasteiger partial charge in [0.25, 0.3) is 5.91 Å². The summed E-state index contributed by atoms with van der Waals surface area (Å²) in [6.45, 7) is 3.88. The minimum Gasteiger partial charge on any atom is -0.465 e. The number of imidazole rings is 1. The van der Waals surface area contributed by atoms with E-state index < -0.39 is 11.8 Å². The number of H-pyrrole nitrogens is 1. The minimum atomic E-state index is -1.76. The van der Waals surface area contributed by atoms with Gasteiger partial charge in [-0.25, -0.2) is 9.78 Å². The molecule has 160 valence electrons. The molecule has 0 bridgehead atoms. The Kier molecular flexibility index (Phi) is 4.28. The number of fused-ring (bicyclic) bond motifs is 2. The summed E-state index contributed by atoms with van der Waals surface area (Å²) < 4.78 is 0. The Morgan fingerprint density at radius 1 is 1.06 bits per heavy atom. The molecule has 2 heterocycles. The van der Waals surface area contributed by atoms with Gasteiger partial charge in [-0.2, -0.15) is 0 Å². The van der Waals surface area contributed by atoms with Crippen molar-refractivity contribution in [1.29, 1.82) is 0 Å². The Morgan fingerprint density at radius 2 is 1.78 bits per heavy atom. The first kappa shape index (κ1) is 19.8. The molecule has 1 aromatic heterocycles. The Morgan fingerprint density at radius 3 is 2.50 bits per heavy atom. The normalized spacial score (nSPS) is 17.6. The molecule has 0 aliphatic carbocycles. The summed E-state index contributed by atoms with van der Waals surface area (Å²) in [6, 6.07) is 17.8. The van der Waals surface area contributed by atoms with E-state index in [-0.39, 0.29) is 11.9 Å². The molecule has 32 heavy (non-hydrogen) atoms. The molecule has 1 aliphatic rings. The van der Waals surface area contributed by atoms with Gasteiger partial charge < -0.3 is 15.2 Å². The molecule has 8 nitrogen and oxygen atoms in total. The molecular weight excluding hydrogens is 408 g/mol. The lowest BCUT2D eigenvalue weighted by atomic mass is 9.93. The first-order valence-corrected chi connectivity index (χ1v) is 10.0. The lowest BCUT2D eigenvalue weighted by Gasteiger charge is -2.35. The number of nitrogens with zero attached hydrogens (tertiary/aromatic N) is 2. The molecule has 0 saturated heterocycles. The molecule has 0 radical (unpaired) electrons. The summed E-state index contributed by atoms with van der Waals surface area (Å²) in [5.41, 5.74) is 3.18. The molecule has 0 saturated carbocycles. The molecular formula is C24H20N4O4. The summed E-state index contributed by atoms with van der Waals surface area (Å²) in [6.07, 6.45) is -1.24. The van der Waals surface area contributed by atoms with Crippen LogP contribution in [0.1, 0.15) is 32.6 Å². The van der Waals surface area contributed by atoms with Crippen molar-refractivity contribution in [2.45, 2.75) is 19.6 Å². The number of nitrogens with one attached hydrogen (secondary N) is 2. The monoisotopic (exact) mass is 428 g/mol. The molecule has 1 unspecified atom stereocenters. The summed E-state index contributed by atoms with van der Waals surface area (Å²) >= 11 is 0. The van der Waals surface area contributed by atoms with E-state index in [0.717, 1.165) is 11.1 Å². The minimum absolute atomic E-state index is 0.0747. The van der Waals surface area contributed by atoms with Gasteiger partial charge in [-0.05, 0) is 55.3 Å². The van der Waals surface area contributed by atoms with Gasteiger partial charge in [-0.1, -0.05) is 30.3 Å². The van der Waals surface area contributed by atoms with Crippen LogP contribution in [0.25, 0.3) is 11.0 Å². The van der Waals surface area contributed by atoms with Crippen molar-refractivity contribution < 1.29 is 19.8 Å². The first-order chi connectivity index (χ1) is 15.3. The maximum atomic E-state index is 13.5. The van der Waals surface area contributed by atoms with Crippen LogP contribution in [0, 0.1) is 13.8 Å². The van der Waals surface area contributed by atoms with Crippen LogP contribution in [0.4, 0.5) is 16.4 Å². The number of aromatic amines is 1. The van der Waals surface area contributed by atoms with Gasteiger partial charge in [0.1, 0.15) is 0 Å². The predicted molar refractivity (Wildman–Crippen MR) is 120 cm³/mol. The highest BCUT2D eigenvalue weighted by molar-refractivity contribution is 6.12. The third kappa shape index (κ3) is 2.92. The standard InChI is InChI=1S/C24H20N4O4/c1-13-9-14(2)11-16(10-13)28-21(29)17-5-3-4-6-18(17)24(28,32)15-7-8-19-20(12-15)26-22(25-19)27-23(30)31/h3-12,32H,1-2H3,(H,30,31)(H2,25,26,27). The van der Waals surface area contributed by atoms with Crippen LogP contribution in [-0.2, 0) is 5.72 Å². The van der Waals surface area contributed by atoms with Crippen LogP contribution in [0.5, 0.6) is 0 Å². The average molecular weight is 428 g/mol. The number of amides is 2. The number of benzene rings is 3. The molecule has 2 amide bonds. The second-order valence-corrected chi connectivity index (χ2v) is 7.95. The third-order valence-corrected chi connectivity index (χ3v) is 5.63. The van der Waals surface area contributed by atoms with Crippen molar-refractivity contribution in [3.63, 3.8) is 0 Å². The smallest absolute Gasteiger partial charge is 0.411 e. The summed E-state index contributed by atoms with van der Waals surface area (Å²) in [4.78, 5) is 32.9. The Balaban J connectivity index is 1.72. The fraction of sp³-hybridized carbons (Fsp3) is 0.125. The van der Waals surface area contributed by atoms with E-state index in [2.05, 4.69) is 15.3 Å². The Labute approximate surface area is 183 Å². The number of aliphatic hydroxyl groups is 1. The zero-order valence-corrected chi connectivity index (χ0v) is 17.4. The van der Waals surface area contributed by atoms with Crippen molar-refractivity contribution in [1.82, 2.24) is 9.97 Å². The van der Waals surface area contributed by atoms with Crippen molar-refractivity contribution in [3.8, 4) is 0 Å². The van der Waals surface area contributed by atoms with Crippen LogP contribution in [0.3, 0.4) is 0 Å². The second kappa shape index (κ2) is 6.93. The van der Waals surface area contributed by atoms with E-state index in [0.29, 0.717) is 33.4 Å². The number of aromatic nitrogens is 2. The molecule has 1 atom stereocenters. The Hall–Kier alpha value is -4.17. The molecule has 0 spiro atoms. The number of hydrogen-bond donors (Lipinski definition) is 4. The highest BCUT2D eigenvalue weighted by Crippen LogP contribution is 2.45. The SMILES string of the molecule is Cc1cc(C)cc(N2C(=O)c3ccccc3C2(O)c2ccc3nc(NC(=O)O)[nH]c3c2)c1. The van der Waals surface area contributed by atoms with Crippen LogP contribution in [-0.4, -0.2) is 32.2 Å². The van der Waals surface area contributed by atoms with Crippen LogP contribution in [0.2, 0.25) is 0 Å². The lowest BCUT2D eigenvalue weighted by Crippen LogP contribution is -2.45. The van der Waals surface area contributed by atoms with Gasteiger partial charge >= 0.3 is 6.09 Å². The average Bonchev–Trinajstić information content (AvgIpc) is 3.23. The van der Waals surface area contributed by atoms with E-state index in [1.165, 1.54) is 4.90 Å². The first-order valence-electron chi connectivity index (χ1n) is 10.0. The maximum Gasteiger partial charge on any atom is 0.411 e. The Bertz CT molecular complexity index is 1390. The molecule has 8 heteroatoms. The van der Waals surface area contributed by atoms with Crippen LogP contribution < -0.4 is 10.2 Å². The van der Waals surface area contributed by atoms with E-state index in [1.54, 1.807) is 42.5 Å². The zero-order chi connectivity index (χ0) is 22.6. The zero-order valence-electron chi connectivity index (χ0n) is 17.4. The molecule has 3 aromatic carbocycles. The molecule has 5 rings (SSSR count). The largest absolute Gasteiger partial charge is 0.465 e. The summed E-state index contributed by atoms with van der Waals surface area (Å²) in [5.74, 6) is -0.225. The van der Waals surface area contributed by atoms with E-state index in [4.69, 9.17) is 5.11 Å². The van der Waals surface area contributed by atoms with Gasteiger partial charge in [-0.15, -0.1) is 0 Å². The number of hydrogen-bond acceptors (Lipinski definition) is 4. The van der Waals surface area contributed by atoms with Crippen molar-refractivity contribution >= 4 is 34.7 Å². The van der Waals surface area contributed by atoms with Gasteiger partial charge in [0.2, 0.25) is 5.95 Å². The number of rotatable bonds is 3. The van der Waals surface area contributed by atoms with Crippen LogP contribution in [0.15, 0.2) is 60.7 Å². The highest BCUT2D eigenvalue weighted by atomic mass is 16.4. The highest BCUT2D eigenvalue weighted by Gasteiger charge is 2.50. The lowest BCUT2D eigenvalue weighted by molar-refractivity contribution is 0.0704. The molecule has 0 fully saturated rings. The number of carbonyl (C=O) groups is 2. The fourth-order valence-corrected chi connectivity index (χ4v) is 4.42. The van der Waals surface area contributed by atoms with Crippen molar-refractivity contribution in [2.75, 3.05) is 10.2 Å². The molecule has 4 N–H and O–H groups in total. The third-order valence-electron chi connectivity index (χ3n) is 5.63. The summed E-state index contributed by atoms with van der Waals surface area (Å²) in [5, 5.41) is 23.3. The van der Waals surface area contributed by atoms with E-state index in [9.17, 15) is 14.7 Å². The molecule has 4 aromatic rings. The van der Waals surface area contributed by atoms with Gasteiger partial charge in [0.05, 0.1) is 11.0 Å². The van der Waals surface area contributed by atoms with Gasteiger partial charge in [0, 0.05) is 22.4 Å². The predicted octanol–water partition coefficient (Wildman–Crippen LogP) is 4.12. The number of carboxylic acid groups (broad SMARTS) is 1. The van der Waals surface area contributed by atoms with E-state index in [1.807, 2.05) is 32.0 Å². The number of aryl methyl sites for hydroxylation is 2. The van der Waals surface area contributed by atoms with Gasteiger partial charge in [-0.3, -0.25) is 15.0 Å². The van der Waals surface area contributed by atoms with Crippen LogP contribution >= 0.6 is 0 Å². The fourth-order valence-electron chi connectivity index (χ4n) is 4.42. The number of carbonyl (C=O) groups excluding carboxylic acids is 1. The quantitative estimate of drug-likeness (QED) is 0.391. The summed E-state index contributed by atoms with van der Waals surface area (Å²) in [7, 11) is 0.